The summed E-state index contributed by atoms with van der Waals surface area (Å²) in [6.07, 6.45) is -4.55. The van der Waals surface area contributed by atoms with Gasteiger partial charge in [0.15, 0.2) is 0 Å². The quantitative estimate of drug-likeness (QED) is 0.757. The van der Waals surface area contributed by atoms with E-state index in [0.29, 0.717) is 6.54 Å². The Morgan fingerprint density at radius 3 is 2.52 bits per heavy atom. The molecule has 0 aliphatic carbocycles. The zero-order chi connectivity index (χ0) is 18.4. The number of carbonyl (C=O) groups is 1. The Kier molecular flexibility index (Phi) is 6.14. The topological polar surface area (TPSA) is 41.1 Å². The maximum atomic E-state index is 13.1. The molecule has 2 rings (SSSR count). The first-order valence-corrected chi connectivity index (χ1v) is 7.69. The minimum absolute atomic E-state index is 0.0124. The minimum Gasteiger partial charge on any atom is -0.325 e. The fraction of sp³-hybridized carbons (Fsp3) is 0.278. The lowest BCUT2D eigenvalue weighted by Crippen LogP contribution is -2.30. The fourth-order valence-corrected chi connectivity index (χ4v) is 2.33. The smallest absolute Gasteiger partial charge is 0.325 e. The Hall–Kier alpha value is -2.41. The van der Waals surface area contributed by atoms with Crippen molar-refractivity contribution in [2.75, 3.05) is 5.32 Å². The van der Waals surface area contributed by atoms with Crippen molar-refractivity contribution in [1.82, 2.24) is 5.32 Å². The lowest BCUT2D eigenvalue weighted by Gasteiger charge is -2.16. The molecule has 0 aliphatic heterocycles. The van der Waals surface area contributed by atoms with E-state index in [-0.39, 0.29) is 24.0 Å². The highest BCUT2D eigenvalue weighted by molar-refractivity contribution is 5.92. The maximum absolute atomic E-state index is 13.1. The Morgan fingerprint density at radius 2 is 1.84 bits per heavy atom. The molecule has 2 aromatic rings. The Morgan fingerprint density at radius 1 is 1.12 bits per heavy atom. The van der Waals surface area contributed by atoms with Gasteiger partial charge in [0, 0.05) is 19.0 Å². The van der Waals surface area contributed by atoms with E-state index in [1.807, 2.05) is 0 Å². The van der Waals surface area contributed by atoms with Crippen LogP contribution in [0.25, 0.3) is 0 Å². The molecule has 0 bridgehead atoms. The monoisotopic (exact) mass is 354 g/mol. The van der Waals surface area contributed by atoms with E-state index in [4.69, 9.17) is 0 Å². The van der Waals surface area contributed by atoms with E-state index < -0.39 is 17.6 Å². The third-order valence-corrected chi connectivity index (χ3v) is 3.54. The van der Waals surface area contributed by atoms with Crippen molar-refractivity contribution < 1.29 is 22.4 Å². The number of carbonyl (C=O) groups excluding carboxylic acids is 1. The number of hydrogen-bond donors (Lipinski definition) is 2. The normalized spacial score (nSPS) is 12.7. The van der Waals surface area contributed by atoms with Crippen LogP contribution in [0.15, 0.2) is 48.5 Å². The highest BCUT2D eigenvalue weighted by atomic mass is 19.4. The second-order valence-electron chi connectivity index (χ2n) is 5.71. The summed E-state index contributed by atoms with van der Waals surface area (Å²) in [4.78, 5) is 12.0. The van der Waals surface area contributed by atoms with Gasteiger partial charge >= 0.3 is 6.18 Å². The summed E-state index contributed by atoms with van der Waals surface area (Å²) >= 11 is 0. The average Bonchev–Trinajstić information content (AvgIpc) is 2.52. The summed E-state index contributed by atoms with van der Waals surface area (Å²) in [5.41, 5.74) is -0.435. The van der Waals surface area contributed by atoms with Crippen molar-refractivity contribution in [2.45, 2.75) is 32.1 Å². The molecule has 0 spiro atoms. The summed E-state index contributed by atoms with van der Waals surface area (Å²) in [5.74, 6) is -0.885. The number of rotatable bonds is 6. The lowest BCUT2D eigenvalue weighted by atomic mass is 10.1. The second kappa shape index (κ2) is 8.11. The number of alkyl halides is 3. The van der Waals surface area contributed by atoms with Gasteiger partial charge in [0.05, 0.1) is 11.3 Å². The Bertz CT molecular complexity index is 731. The number of nitrogens with one attached hydrogen (secondary N) is 2. The summed E-state index contributed by atoms with van der Waals surface area (Å²) < 4.78 is 51.8. The van der Waals surface area contributed by atoms with Crippen LogP contribution in [0.2, 0.25) is 0 Å². The molecule has 0 aliphatic rings. The largest absolute Gasteiger partial charge is 0.418 e. The standard InChI is InChI=1S/C18H18F4N2O/c1-12(23-11-13-5-4-6-14(19)10-13)9-17(25)24-16-8-3-2-7-15(16)18(20,21)22/h2-8,10,12,23H,9,11H2,1H3,(H,24,25). The van der Waals surface area contributed by atoms with Crippen LogP contribution in [0.3, 0.4) is 0 Å². The Labute approximate surface area is 143 Å². The molecule has 0 aromatic heterocycles. The van der Waals surface area contributed by atoms with E-state index in [0.717, 1.165) is 11.6 Å². The van der Waals surface area contributed by atoms with Gasteiger partial charge in [0.25, 0.3) is 0 Å². The molecule has 134 valence electrons. The van der Waals surface area contributed by atoms with Crippen LogP contribution < -0.4 is 10.6 Å². The van der Waals surface area contributed by atoms with Crippen LogP contribution in [0.1, 0.15) is 24.5 Å². The molecular weight excluding hydrogens is 336 g/mol. The highest BCUT2D eigenvalue weighted by Gasteiger charge is 2.33. The average molecular weight is 354 g/mol. The van der Waals surface area contributed by atoms with Crippen LogP contribution in [-0.4, -0.2) is 11.9 Å². The zero-order valence-electron chi connectivity index (χ0n) is 13.5. The van der Waals surface area contributed by atoms with Crippen LogP contribution in [-0.2, 0) is 17.5 Å². The van der Waals surface area contributed by atoms with Gasteiger partial charge in [-0.05, 0) is 36.8 Å². The summed E-state index contributed by atoms with van der Waals surface area (Å²) in [6.45, 7) is 2.08. The fourth-order valence-electron chi connectivity index (χ4n) is 2.33. The van der Waals surface area contributed by atoms with Crippen molar-refractivity contribution in [3.63, 3.8) is 0 Å². The molecule has 25 heavy (non-hydrogen) atoms. The summed E-state index contributed by atoms with van der Waals surface area (Å²) in [6, 6.07) is 10.6. The number of para-hydroxylation sites is 1. The van der Waals surface area contributed by atoms with Crippen molar-refractivity contribution in [3.8, 4) is 0 Å². The number of halogens is 4. The van der Waals surface area contributed by atoms with Crippen LogP contribution >= 0.6 is 0 Å². The van der Waals surface area contributed by atoms with E-state index in [1.165, 1.54) is 30.3 Å². The molecule has 1 unspecified atom stereocenters. The van der Waals surface area contributed by atoms with E-state index in [2.05, 4.69) is 10.6 Å². The third-order valence-electron chi connectivity index (χ3n) is 3.54. The van der Waals surface area contributed by atoms with Crippen molar-refractivity contribution in [3.05, 3.63) is 65.5 Å². The zero-order valence-corrected chi connectivity index (χ0v) is 13.5. The molecule has 7 heteroatoms. The van der Waals surface area contributed by atoms with Gasteiger partial charge in [0.1, 0.15) is 5.82 Å². The molecule has 0 heterocycles. The molecule has 1 atom stereocenters. The number of hydrogen-bond acceptors (Lipinski definition) is 2. The van der Waals surface area contributed by atoms with Crippen LogP contribution in [0.4, 0.5) is 23.2 Å². The molecule has 2 N–H and O–H groups in total. The van der Waals surface area contributed by atoms with Gasteiger partial charge in [-0.1, -0.05) is 24.3 Å². The van der Waals surface area contributed by atoms with E-state index in [9.17, 15) is 22.4 Å². The SMILES string of the molecule is CC(CC(=O)Nc1ccccc1C(F)(F)F)NCc1cccc(F)c1. The van der Waals surface area contributed by atoms with Gasteiger partial charge in [-0.2, -0.15) is 13.2 Å². The van der Waals surface area contributed by atoms with Crippen molar-refractivity contribution in [2.24, 2.45) is 0 Å². The first-order valence-electron chi connectivity index (χ1n) is 7.69. The predicted molar refractivity (Wildman–Crippen MR) is 87.4 cm³/mol. The van der Waals surface area contributed by atoms with Gasteiger partial charge in [-0.3, -0.25) is 4.79 Å². The van der Waals surface area contributed by atoms with Gasteiger partial charge in [-0.25, -0.2) is 4.39 Å². The van der Waals surface area contributed by atoms with Crippen LogP contribution in [0.5, 0.6) is 0 Å². The lowest BCUT2D eigenvalue weighted by molar-refractivity contribution is -0.137. The minimum atomic E-state index is -4.54. The van der Waals surface area contributed by atoms with Crippen molar-refractivity contribution >= 4 is 11.6 Å². The molecule has 0 saturated heterocycles. The van der Waals surface area contributed by atoms with E-state index >= 15 is 0 Å². The molecule has 0 fully saturated rings. The van der Waals surface area contributed by atoms with Crippen molar-refractivity contribution in [1.29, 1.82) is 0 Å². The van der Waals surface area contributed by atoms with Gasteiger partial charge in [0.2, 0.25) is 5.91 Å². The first-order chi connectivity index (χ1) is 11.8. The maximum Gasteiger partial charge on any atom is 0.418 e. The summed E-state index contributed by atoms with van der Waals surface area (Å²) in [5, 5.41) is 5.33. The molecule has 0 radical (unpaired) electrons. The summed E-state index contributed by atoms with van der Waals surface area (Å²) in [7, 11) is 0. The van der Waals surface area contributed by atoms with Crippen LogP contribution in [0, 0.1) is 5.82 Å². The highest BCUT2D eigenvalue weighted by Crippen LogP contribution is 2.34. The molecule has 3 nitrogen and oxygen atoms in total. The molecule has 1 amide bonds. The molecular formula is C18H18F4N2O. The molecule has 2 aromatic carbocycles. The Balaban J connectivity index is 1.90. The third kappa shape index (κ3) is 5.86. The number of benzene rings is 2. The van der Waals surface area contributed by atoms with Gasteiger partial charge < -0.3 is 10.6 Å². The molecule has 0 saturated carbocycles. The predicted octanol–water partition coefficient (Wildman–Crippen LogP) is 4.35. The number of anilines is 1. The van der Waals surface area contributed by atoms with E-state index in [1.54, 1.807) is 19.1 Å². The van der Waals surface area contributed by atoms with Gasteiger partial charge in [-0.15, -0.1) is 0 Å². The first kappa shape index (κ1) is 18.9. The number of amides is 1. The second-order valence-corrected chi connectivity index (χ2v) is 5.71.